The highest BCUT2D eigenvalue weighted by molar-refractivity contribution is 5.79. The summed E-state index contributed by atoms with van der Waals surface area (Å²) in [6.07, 6.45) is 5.17. The Balaban J connectivity index is 2.04. The zero-order chi connectivity index (χ0) is 10.3. The average Bonchev–Trinajstić information content (AvgIpc) is 3.08. The van der Waals surface area contributed by atoms with Crippen LogP contribution in [-0.2, 0) is 0 Å². The van der Waals surface area contributed by atoms with Crippen molar-refractivity contribution < 1.29 is 0 Å². The minimum atomic E-state index is 0.686. The Kier molecular flexibility index (Phi) is 1.84. The molecule has 1 aliphatic carbocycles. The van der Waals surface area contributed by atoms with Crippen LogP contribution < -0.4 is 0 Å². The van der Waals surface area contributed by atoms with Gasteiger partial charge in [-0.2, -0.15) is 0 Å². The first-order valence-corrected chi connectivity index (χ1v) is 5.36. The van der Waals surface area contributed by atoms with Crippen LogP contribution in [0, 0.1) is 5.92 Å². The summed E-state index contributed by atoms with van der Waals surface area (Å²) in [5, 5.41) is 1.22. The molecule has 0 saturated heterocycles. The third-order valence-electron chi connectivity index (χ3n) is 3.20. The van der Waals surface area contributed by atoms with Crippen molar-refractivity contribution in [2.24, 2.45) is 5.92 Å². The van der Waals surface area contributed by atoms with Gasteiger partial charge in [0.2, 0.25) is 0 Å². The SMILES string of the molecule is C=CC1CC1c1ccc2cccnc2c1. The lowest BCUT2D eigenvalue weighted by molar-refractivity contribution is 1.02. The Bertz CT molecular complexity index is 515. The van der Waals surface area contributed by atoms with Crippen LogP contribution in [0.2, 0.25) is 0 Å². The molecule has 1 aliphatic rings. The Morgan fingerprint density at radius 2 is 2.27 bits per heavy atom. The van der Waals surface area contributed by atoms with Crippen LogP contribution in [0.5, 0.6) is 0 Å². The second-order valence-corrected chi connectivity index (χ2v) is 4.20. The third-order valence-corrected chi connectivity index (χ3v) is 3.20. The Morgan fingerprint density at radius 1 is 1.33 bits per heavy atom. The van der Waals surface area contributed by atoms with Crippen molar-refractivity contribution in [3.05, 3.63) is 54.7 Å². The molecule has 1 fully saturated rings. The standard InChI is InChI=1S/C14H13N/c1-2-10-8-13(10)12-6-5-11-4-3-7-15-14(11)9-12/h2-7,9-10,13H,1,8H2. The molecule has 1 aromatic carbocycles. The molecule has 74 valence electrons. The number of pyridine rings is 1. The van der Waals surface area contributed by atoms with Gasteiger partial charge in [-0.3, -0.25) is 4.98 Å². The van der Waals surface area contributed by atoms with E-state index in [1.54, 1.807) is 0 Å². The summed E-state index contributed by atoms with van der Waals surface area (Å²) in [7, 11) is 0. The topological polar surface area (TPSA) is 12.9 Å². The number of rotatable bonds is 2. The van der Waals surface area contributed by atoms with Crippen molar-refractivity contribution in [1.82, 2.24) is 4.98 Å². The first-order valence-electron chi connectivity index (χ1n) is 5.36. The van der Waals surface area contributed by atoms with Gasteiger partial charge < -0.3 is 0 Å². The summed E-state index contributed by atoms with van der Waals surface area (Å²) in [5.74, 6) is 1.38. The van der Waals surface area contributed by atoms with Crippen LogP contribution in [-0.4, -0.2) is 4.98 Å². The summed E-state index contributed by atoms with van der Waals surface area (Å²) < 4.78 is 0. The highest BCUT2D eigenvalue weighted by Crippen LogP contribution is 2.48. The Morgan fingerprint density at radius 3 is 3.07 bits per heavy atom. The van der Waals surface area contributed by atoms with Gasteiger partial charge in [0.1, 0.15) is 0 Å². The molecule has 15 heavy (non-hydrogen) atoms. The smallest absolute Gasteiger partial charge is 0.0704 e. The van der Waals surface area contributed by atoms with Crippen molar-refractivity contribution in [2.75, 3.05) is 0 Å². The molecule has 2 atom stereocenters. The van der Waals surface area contributed by atoms with Crippen LogP contribution >= 0.6 is 0 Å². The van der Waals surface area contributed by atoms with Crippen LogP contribution in [0.1, 0.15) is 17.9 Å². The number of hydrogen-bond donors (Lipinski definition) is 0. The summed E-state index contributed by atoms with van der Waals surface area (Å²) in [4.78, 5) is 4.38. The van der Waals surface area contributed by atoms with Crippen LogP contribution in [0.3, 0.4) is 0 Å². The van der Waals surface area contributed by atoms with E-state index in [-0.39, 0.29) is 0 Å². The lowest BCUT2D eigenvalue weighted by atomic mass is 10.1. The van der Waals surface area contributed by atoms with Crippen molar-refractivity contribution >= 4 is 10.9 Å². The van der Waals surface area contributed by atoms with Gasteiger partial charge in [0.05, 0.1) is 5.52 Å². The Labute approximate surface area is 89.5 Å². The van der Waals surface area contributed by atoms with E-state index in [9.17, 15) is 0 Å². The summed E-state index contributed by atoms with van der Waals surface area (Å²) in [6, 6.07) is 10.7. The van der Waals surface area contributed by atoms with Gasteiger partial charge in [-0.15, -0.1) is 6.58 Å². The van der Waals surface area contributed by atoms with E-state index >= 15 is 0 Å². The average molecular weight is 195 g/mol. The van der Waals surface area contributed by atoms with Gasteiger partial charge in [0.15, 0.2) is 0 Å². The quantitative estimate of drug-likeness (QED) is 0.668. The fourth-order valence-corrected chi connectivity index (χ4v) is 2.17. The molecule has 2 unspecified atom stereocenters. The second-order valence-electron chi connectivity index (χ2n) is 4.20. The van der Waals surface area contributed by atoms with E-state index in [0.717, 1.165) is 5.52 Å². The molecule has 1 heterocycles. The molecule has 0 radical (unpaired) electrons. The third kappa shape index (κ3) is 1.44. The number of nitrogens with zero attached hydrogens (tertiary/aromatic N) is 1. The van der Waals surface area contributed by atoms with Crippen molar-refractivity contribution in [3.8, 4) is 0 Å². The number of allylic oxidation sites excluding steroid dienone is 1. The monoisotopic (exact) mass is 195 g/mol. The normalized spacial score (nSPS) is 24.0. The molecule has 0 bridgehead atoms. The summed E-state index contributed by atoms with van der Waals surface area (Å²) in [5.41, 5.74) is 2.51. The zero-order valence-electron chi connectivity index (χ0n) is 8.56. The minimum Gasteiger partial charge on any atom is -0.256 e. The highest BCUT2D eigenvalue weighted by atomic mass is 14.6. The fourth-order valence-electron chi connectivity index (χ4n) is 2.17. The van der Waals surface area contributed by atoms with Crippen molar-refractivity contribution in [3.63, 3.8) is 0 Å². The van der Waals surface area contributed by atoms with Gasteiger partial charge in [-0.1, -0.05) is 24.3 Å². The second kappa shape index (κ2) is 3.20. The first-order chi connectivity index (χ1) is 7.38. The van der Waals surface area contributed by atoms with E-state index < -0.39 is 0 Å². The maximum atomic E-state index is 4.38. The molecule has 0 aliphatic heterocycles. The molecule has 0 amide bonds. The first kappa shape index (κ1) is 8.66. The minimum absolute atomic E-state index is 0.686. The summed E-state index contributed by atoms with van der Waals surface area (Å²) >= 11 is 0. The zero-order valence-corrected chi connectivity index (χ0v) is 8.56. The van der Waals surface area contributed by atoms with Crippen molar-refractivity contribution in [1.29, 1.82) is 0 Å². The van der Waals surface area contributed by atoms with Gasteiger partial charge in [0.25, 0.3) is 0 Å². The van der Waals surface area contributed by atoms with Gasteiger partial charge in [0, 0.05) is 11.6 Å². The number of benzene rings is 1. The lowest BCUT2D eigenvalue weighted by Crippen LogP contribution is -1.84. The number of hydrogen-bond acceptors (Lipinski definition) is 1. The van der Waals surface area contributed by atoms with E-state index in [2.05, 4.69) is 41.9 Å². The fraction of sp³-hybridized carbons (Fsp3) is 0.214. The number of fused-ring (bicyclic) bond motifs is 1. The van der Waals surface area contributed by atoms with Gasteiger partial charge in [-0.25, -0.2) is 0 Å². The van der Waals surface area contributed by atoms with Gasteiger partial charge in [-0.05, 0) is 36.0 Å². The highest BCUT2D eigenvalue weighted by Gasteiger charge is 2.35. The van der Waals surface area contributed by atoms with Crippen molar-refractivity contribution in [2.45, 2.75) is 12.3 Å². The maximum Gasteiger partial charge on any atom is 0.0704 e. The number of aromatic nitrogens is 1. The molecule has 0 N–H and O–H groups in total. The molecular formula is C14H13N. The predicted molar refractivity (Wildman–Crippen MR) is 62.8 cm³/mol. The molecule has 0 spiro atoms. The largest absolute Gasteiger partial charge is 0.256 e. The Hall–Kier alpha value is -1.63. The van der Waals surface area contributed by atoms with Crippen LogP contribution in [0.25, 0.3) is 10.9 Å². The van der Waals surface area contributed by atoms with E-state index in [4.69, 9.17) is 0 Å². The molecule has 2 aromatic rings. The van der Waals surface area contributed by atoms with E-state index in [1.165, 1.54) is 17.4 Å². The lowest BCUT2D eigenvalue weighted by Gasteiger charge is -2.01. The van der Waals surface area contributed by atoms with Crippen LogP contribution in [0.4, 0.5) is 0 Å². The van der Waals surface area contributed by atoms with Crippen LogP contribution in [0.15, 0.2) is 49.2 Å². The van der Waals surface area contributed by atoms with E-state index in [1.807, 2.05) is 12.3 Å². The molecule has 1 aromatic heterocycles. The summed E-state index contributed by atoms with van der Waals surface area (Å²) in [6.45, 7) is 3.85. The molecule has 3 rings (SSSR count). The van der Waals surface area contributed by atoms with Gasteiger partial charge >= 0.3 is 0 Å². The van der Waals surface area contributed by atoms with E-state index in [0.29, 0.717) is 11.8 Å². The molecular weight excluding hydrogens is 182 g/mol. The molecule has 1 nitrogen and oxygen atoms in total. The molecule has 1 saturated carbocycles. The predicted octanol–water partition coefficient (Wildman–Crippen LogP) is 3.52. The molecule has 1 heteroatoms. The maximum absolute atomic E-state index is 4.38.